The number of aryl methyl sites for hydroxylation is 1. The van der Waals surface area contributed by atoms with Crippen LogP contribution in [0.1, 0.15) is 35.8 Å². The second-order valence-corrected chi connectivity index (χ2v) is 10.8. The third-order valence-electron chi connectivity index (χ3n) is 5.66. The van der Waals surface area contributed by atoms with Gasteiger partial charge in [-0.1, -0.05) is 18.5 Å². The van der Waals surface area contributed by atoms with Gasteiger partial charge in [0.25, 0.3) is 17.3 Å². The van der Waals surface area contributed by atoms with Gasteiger partial charge in [0, 0.05) is 18.2 Å². The number of hydrogen-bond donors (Lipinski definition) is 1. The highest BCUT2D eigenvalue weighted by Crippen LogP contribution is 2.44. The van der Waals surface area contributed by atoms with Crippen LogP contribution in [0.15, 0.2) is 29.5 Å². The number of fused-ring (bicyclic) bond motifs is 1. The van der Waals surface area contributed by atoms with E-state index in [-0.39, 0.29) is 35.5 Å². The number of sulfone groups is 1. The Morgan fingerprint density at radius 2 is 2.03 bits per heavy atom. The molecule has 0 saturated heterocycles. The molecule has 1 fully saturated rings. The van der Waals surface area contributed by atoms with Crippen molar-refractivity contribution in [2.75, 3.05) is 12.4 Å². The lowest BCUT2D eigenvalue weighted by atomic mass is 10.2. The zero-order valence-corrected chi connectivity index (χ0v) is 19.5. The van der Waals surface area contributed by atoms with Crippen molar-refractivity contribution in [2.24, 2.45) is 7.05 Å². The highest BCUT2D eigenvalue weighted by Gasteiger charge is 2.54. The van der Waals surface area contributed by atoms with Crippen LogP contribution in [0.5, 0.6) is 5.88 Å². The third-order valence-corrected chi connectivity index (χ3v) is 8.46. The van der Waals surface area contributed by atoms with Crippen molar-refractivity contribution >= 4 is 38.2 Å². The molecular formula is C20H21ClN6O5S. The number of ether oxygens (including phenoxy) is 1. The summed E-state index contributed by atoms with van der Waals surface area (Å²) in [6.07, 6.45) is 5.21. The minimum atomic E-state index is -3.29. The summed E-state index contributed by atoms with van der Waals surface area (Å²) in [5.41, 5.74) is 0.128. The van der Waals surface area contributed by atoms with Gasteiger partial charge in [0.2, 0.25) is 0 Å². The predicted molar refractivity (Wildman–Crippen MR) is 120 cm³/mol. The van der Waals surface area contributed by atoms with Crippen LogP contribution in [-0.2, 0) is 23.4 Å². The van der Waals surface area contributed by atoms with Crippen LogP contribution >= 0.6 is 11.6 Å². The molecule has 174 valence electrons. The molecule has 0 unspecified atom stereocenters. The van der Waals surface area contributed by atoms with Crippen LogP contribution in [0.4, 0.5) is 0 Å². The minimum absolute atomic E-state index is 0.0239. The molecule has 3 aromatic rings. The number of pyridine rings is 1. The predicted octanol–water partition coefficient (Wildman–Crippen LogP) is 1.05. The van der Waals surface area contributed by atoms with E-state index in [1.807, 2.05) is 0 Å². The molecule has 13 heteroatoms. The molecule has 4 rings (SSSR count). The van der Waals surface area contributed by atoms with Crippen molar-refractivity contribution in [3.63, 3.8) is 0 Å². The first-order valence-corrected chi connectivity index (χ1v) is 12.2. The van der Waals surface area contributed by atoms with E-state index in [9.17, 15) is 18.0 Å². The SMILES string of the molecule is CCS(=O)(=O)C1(COc2nncc3cc(C(=O)NCc4cnc(Cl)cn4)c(=O)n(C)c23)CC1. The van der Waals surface area contributed by atoms with Gasteiger partial charge in [0.05, 0.1) is 30.8 Å². The smallest absolute Gasteiger partial charge is 0.263 e. The van der Waals surface area contributed by atoms with Crippen LogP contribution in [0.2, 0.25) is 5.15 Å². The Morgan fingerprint density at radius 3 is 2.67 bits per heavy atom. The number of halogens is 1. The molecule has 11 nitrogen and oxygen atoms in total. The Balaban J connectivity index is 1.59. The molecular weight excluding hydrogens is 472 g/mol. The maximum atomic E-state index is 12.9. The number of hydrogen-bond acceptors (Lipinski definition) is 9. The molecule has 0 atom stereocenters. The first-order valence-electron chi connectivity index (χ1n) is 10.1. The maximum Gasteiger partial charge on any atom is 0.263 e. The normalized spacial score (nSPS) is 14.8. The molecule has 1 aliphatic carbocycles. The van der Waals surface area contributed by atoms with Gasteiger partial charge in [-0.05, 0) is 18.9 Å². The number of nitrogens with one attached hydrogen (secondary N) is 1. The van der Waals surface area contributed by atoms with E-state index in [1.54, 1.807) is 6.92 Å². The average molecular weight is 493 g/mol. The van der Waals surface area contributed by atoms with Crippen LogP contribution in [0.3, 0.4) is 0 Å². The summed E-state index contributed by atoms with van der Waals surface area (Å²) in [7, 11) is -1.81. The van der Waals surface area contributed by atoms with E-state index in [4.69, 9.17) is 16.3 Å². The quantitative estimate of drug-likeness (QED) is 0.487. The van der Waals surface area contributed by atoms with E-state index in [1.165, 1.54) is 36.3 Å². The fraction of sp³-hybridized carbons (Fsp3) is 0.400. The topological polar surface area (TPSA) is 146 Å². The van der Waals surface area contributed by atoms with Gasteiger partial charge >= 0.3 is 0 Å². The Hall–Kier alpha value is -3.12. The molecule has 3 heterocycles. The van der Waals surface area contributed by atoms with Gasteiger partial charge < -0.3 is 14.6 Å². The molecule has 0 bridgehead atoms. The summed E-state index contributed by atoms with van der Waals surface area (Å²) in [5.74, 6) is -0.538. The molecule has 0 spiro atoms. The van der Waals surface area contributed by atoms with E-state index >= 15 is 0 Å². The first-order chi connectivity index (χ1) is 15.7. The Labute approximate surface area is 194 Å². The molecule has 33 heavy (non-hydrogen) atoms. The zero-order chi connectivity index (χ0) is 23.8. The molecule has 1 N–H and O–H groups in total. The number of aromatic nitrogens is 5. The standard InChI is InChI=1S/C20H21ClN6O5S/c1-3-33(30,31)20(4-5-20)11-32-18-16-12(7-25-26-18)6-14(19(29)27(16)2)17(28)24-9-13-8-23-15(21)10-22-13/h6-8,10H,3-5,9,11H2,1-2H3,(H,24,28). The summed E-state index contributed by atoms with van der Waals surface area (Å²) in [4.78, 5) is 33.5. The average Bonchev–Trinajstić information content (AvgIpc) is 3.61. The summed E-state index contributed by atoms with van der Waals surface area (Å²) < 4.78 is 30.8. The van der Waals surface area contributed by atoms with Crippen LogP contribution in [0, 0.1) is 0 Å². The second-order valence-electron chi connectivity index (χ2n) is 7.76. The van der Waals surface area contributed by atoms with E-state index in [0.717, 1.165) is 0 Å². The van der Waals surface area contributed by atoms with E-state index < -0.39 is 26.1 Å². The van der Waals surface area contributed by atoms with Gasteiger partial charge in [-0.15, -0.1) is 5.10 Å². The number of amides is 1. The van der Waals surface area contributed by atoms with Crippen LogP contribution in [-0.4, -0.2) is 56.2 Å². The van der Waals surface area contributed by atoms with Crippen molar-refractivity contribution in [1.29, 1.82) is 0 Å². The molecule has 1 aliphatic rings. The number of carbonyl (C=O) groups is 1. The van der Waals surface area contributed by atoms with Gasteiger partial charge in [-0.2, -0.15) is 5.10 Å². The Morgan fingerprint density at radius 1 is 1.27 bits per heavy atom. The second kappa shape index (κ2) is 8.67. The highest BCUT2D eigenvalue weighted by molar-refractivity contribution is 7.93. The van der Waals surface area contributed by atoms with Gasteiger partial charge in [0.1, 0.15) is 27.6 Å². The Bertz CT molecular complexity index is 1390. The Kier molecular flexibility index (Phi) is 6.06. The number of nitrogens with zero attached hydrogens (tertiary/aromatic N) is 5. The van der Waals surface area contributed by atoms with Crippen molar-refractivity contribution in [2.45, 2.75) is 31.1 Å². The molecule has 0 aliphatic heterocycles. The monoisotopic (exact) mass is 492 g/mol. The molecule has 1 amide bonds. The lowest BCUT2D eigenvalue weighted by Gasteiger charge is -2.17. The molecule has 0 radical (unpaired) electrons. The highest BCUT2D eigenvalue weighted by atomic mass is 35.5. The lowest BCUT2D eigenvalue weighted by molar-refractivity contribution is 0.0948. The number of rotatable bonds is 8. The van der Waals surface area contributed by atoms with Crippen LogP contribution < -0.4 is 15.6 Å². The molecule has 0 aromatic carbocycles. The van der Waals surface area contributed by atoms with Crippen molar-refractivity contribution in [3.05, 3.63) is 51.4 Å². The van der Waals surface area contributed by atoms with Gasteiger partial charge in [0.15, 0.2) is 9.84 Å². The van der Waals surface area contributed by atoms with Gasteiger partial charge in [-0.3, -0.25) is 14.6 Å². The van der Waals surface area contributed by atoms with Gasteiger partial charge in [-0.25, -0.2) is 13.4 Å². The molecule has 1 saturated carbocycles. The fourth-order valence-corrected chi connectivity index (χ4v) is 5.14. The molecule has 3 aromatic heterocycles. The summed E-state index contributed by atoms with van der Waals surface area (Å²) in [5, 5.41) is 11.1. The van der Waals surface area contributed by atoms with E-state index in [0.29, 0.717) is 29.4 Å². The minimum Gasteiger partial charge on any atom is -0.473 e. The summed E-state index contributed by atoms with van der Waals surface area (Å²) in [6.45, 7) is 1.58. The van der Waals surface area contributed by atoms with E-state index in [2.05, 4.69) is 25.5 Å². The lowest BCUT2D eigenvalue weighted by Crippen LogP contribution is -2.33. The van der Waals surface area contributed by atoms with Crippen molar-refractivity contribution in [1.82, 2.24) is 30.0 Å². The summed E-state index contributed by atoms with van der Waals surface area (Å²) >= 11 is 5.70. The first kappa shape index (κ1) is 23.1. The fourth-order valence-electron chi connectivity index (χ4n) is 3.46. The number of carbonyl (C=O) groups excluding carboxylic acids is 1. The van der Waals surface area contributed by atoms with Crippen molar-refractivity contribution < 1.29 is 17.9 Å². The largest absolute Gasteiger partial charge is 0.473 e. The maximum absolute atomic E-state index is 12.9. The zero-order valence-electron chi connectivity index (χ0n) is 17.9. The summed E-state index contributed by atoms with van der Waals surface area (Å²) in [6, 6.07) is 1.40. The third kappa shape index (κ3) is 4.40. The van der Waals surface area contributed by atoms with Crippen molar-refractivity contribution in [3.8, 4) is 5.88 Å². The van der Waals surface area contributed by atoms with Crippen LogP contribution in [0.25, 0.3) is 10.9 Å².